The molecule has 0 saturated carbocycles. The SMILES string of the molecule is Cc1coc2cc3oc(=O)c(CC(=O)NC(CSCc4ccccc4)C(=O)O)c(C)c3cc12. The number of amides is 1. The van der Waals surface area contributed by atoms with Crippen LogP contribution in [-0.4, -0.2) is 28.8 Å². The van der Waals surface area contributed by atoms with Gasteiger partial charge in [0.2, 0.25) is 5.91 Å². The van der Waals surface area contributed by atoms with Crippen LogP contribution in [0.5, 0.6) is 0 Å². The van der Waals surface area contributed by atoms with Gasteiger partial charge in [-0.3, -0.25) is 4.79 Å². The molecule has 2 aromatic heterocycles. The van der Waals surface area contributed by atoms with Gasteiger partial charge in [0.1, 0.15) is 17.2 Å². The van der Waals surface area contributed by atoms with E-state index >= 15 is 0 Å². The molecule has 7 nitrogen and oxygen atoms in total. The quantitative estimate of drug-likeness (QED) is 0.375. The van der Waals surface area contributed by atoms with Crippen LogP contribution >= 0.6 is 11.8 Å². The van der Waals surface area contributed by atoms with E-state index in [-0.39, 0.29) is 17.7 Å². The van der Waals surface area contributed by atoms with Crippen LogP contribution in [0.3, 0.4) is 0 Å². The number of fused-ring (bicyclic) bond motifs is 2. The standard InChI is InChI=1S/C25H23NO6S/c1-14-11-31-21-10-22-18(8-17(14)21)15(2)19(25(30)32-22)9-23(27)26-20(24(28)29)13-33-12-16-6-4-3-5-7-16/h3-8,10-11,20H,9,12-13H2,1-2H3,(H,26,27)(H,28,29). The van der Waals surface area contributed by atoms with Crippen LogP contribution in [0.2, 0.25) is 0 Å². The van der Waals surface area contributed by atoms with E-state index in [1.165, 1.54) is 11.8 Å². The Bertz CT molecular complexity index is 1390. The number of aryl methyl sites for hydroxylation is 2. The van der Waals surface area contributed by atoms with Crippen LogP contribution in [-0.2, 0) is 21.8 Å². The van der Waals surface area contributed by atoms with Crippen molar-refractivity contribution in [2.45, 2.75) is 32.1 Å². The van der Waals surface area contributed by atoms with Crippen molar-refractivity contribution < 1.29 is 23.5 Å². The zero-order chi connectivity index (χ0) is 23.5. The van der Waals surface area contributed by atoms with Crippen LogP contribution < -0.4 is 10.9 Å². The molecule has 2 N–H and O–H groups in total. The number of furan rings is 1. The first-order valence-electron chi connectivity index (χ1n) is 10.4. The van der Waals surface area contributed by atoms with E-state index < -0.39 is 23.5 Å². The largest absolute Gasteiger partial charge is 0.480 e. The molecule has 0 aliphatic rings. The van der Waals surface area contributed by atoms with Crippen molar-refractivity contribution in [2.24, 2.45) is 0 Å². The molecule has 1 unspecified atom stereocenters. The van der Waals surface area contributed by atoms with Gasteiger partial charge in [-0.05, 0) is 36.6 Å². The summed E-state index contributed by atoms with van der Waals surface area (Å²) in [4.78, 5) is 36.9. The van der Waals surface area contributed by atoms with Crippen molar-refractivity contribution >= 4 is 45.6 Å². The summed E-state index contributed by atoms with van der Waals surface area (Å²) in [5.74, 6) is -0.823. The van der Waals surface area contributed by atoms with E-state index in [1.807, 2.05) is 43.3 Å². The molecule has 2 aromatic carbocycles. The van der Waals surface area contributed by atoms with Crippen molar-refractivity contribution in [3.05, 3.63) is 81.4 Å². The summed E-state index contributed by atoms with van der Waals surface area (Å²) in [7, 11) is 0. The lowest BCUT2D eigenvalue weighted by atomic mass is 10.0. The maximum Gasteiger partial charge on any atom is 0.340 e. The minimum absolute atomic E-state index is 0.207. The summed E-state index contributed by atoms with van der Waals surface area (Å²) in [5, 5.41) is 13.7. The molecule has 0 bridgehead atoms. The number of nitrogens with one attached hydrogen (secondary N) is 1. The summed E-state index contributed by atoms with van der Waals surface area (Å²) in [6.45, 7) is 3.68. The molecule has 33 heavy (non-hydrogen) atoms. The molecule has 0 fully saturated rings. The monoisotopic (exact) mass is 465 g/mol. The highest BCUT2D eigenvalue weighted by molar-refractivity contribution is 7.98. The van der Waals surface area contributed by atoms with E-state index in [4.69, 9.17) is 8.83 Å². The molecule has 0 saturated heterocycles. The van der Waals surface area contributed by atoms with Crippen molar-refractivity contribution in [3.63, 3.8) is 0 Å². The highest BCUT2D eigenvalue weighted by atomic mass is 32.2. The number of carboxylic acid groups (broad SMARTS) is 1. The summed E-state index contributed by atoms with van der Waals surface area (Å²) in [6.07, 6.45) is 1.37. The number of carboxylic acids is 1. The Morgan fingerprint density at radius 2 is 1.85 bits per heavy atom. The lowest BCUT2D eigenvalue weighted by molar-refractivity contribution is -0.141. The van der Waals surface area contributed by atoms with E-state index in [0.29, 0.717) is 27.9 Å². The smallest absolute Gasteiger partial charge is 0.340 e. The third kappa shape index (κ3) is 4.96. The van der Waals surface area contributed by atoms with Gasteiger partial charge < -0.3 is 19.3 Å². The average molecular weight is 466 g/mol. The Morgan fingerprint density at radius 3 is 2.58 bits per heavy atom. The number of carbonyl (C=O) groups is 2. The minimum Gasteiger partial charge on any atom is -0.480 e. The zero-order valence-corrected chi connectivity index (χ0v) is 19.0. The predicted molar refractivity (Wildman–Crippen MR) is 128 cm³/mol. The molecule has 0 aliphatic carbocycles. The summed E-state index contributed by atoms with van der Waals surface area (Å²) in [6, 6.07) is 12.2. The third-order valence-electron chi connectivity index (χ3n) is 5.54. The van der Waals surface area contributed by atoms with E-state index in [1.54, 1.807) is 19.3 Å². The second-order valence-electron chi connectivity index (χ2n) is 7.89. The molecule has 0 aliphatic heterocycles. The molecule has 1 amide bonds. The number of carbonyl (C=O) groups excluding carboxylic acids is 1. The van der Waals surface area contributed by atoms with E-state index in [0.717, 1.165) is 16.5 Å². The molecule has 1 atom stereocenters. The van der Waals surface area contributed by atoms with Gasteiger partial charge in [0, 0.05) is 28.3 Å². The second kappa shape index (κ2) is 9.54. The first kappa shape index (κ1) is 22.7. The highest BCUT2D eigenvalue weighted by Gasteiger charge is 2.22. The molecule has 0 radical (unpaired) electrons. The Labute approximate surface area is 193 Å². The molecule has 170 valence electrons. The summed E-state index contributed by atoms with van der Waals surface area (Å²) >= 11 is 1.42. The number of thioether (sulfide) groups is 1. The first-order chi connectivity index (χ1) is 15.8. The molecule has 4 rings (SSSR count). The van der Waals surface area contributed by atoms with Crippen molar-refractivity contribution in [1.82, 2.24) is 5.32 Å². The lowest BCUT2D eigenvalue weighted by Crippen LogP contribution is -2.43. The second-order valence-corrected chi connectivity index (χ2v) is 8.92. The van der Waals surface area contributed by atoms with Crippen LogP contribution in [0, 0.1) is 13.8 Å². The fourth-order valence-corrected chi connectivity index (χ4v) is 4.70. The topological polar surface area (TPSA) is 110 Å². The van der Waals surface area contributed by atoms with Gasteiger partial charge >= 0.3 is 11.6 Å². The van der Waals surface area contributed by atoms with Crippen LogP contribution in [0.15, 0.2) is 62.4 Å². The number of hydrogen-bond acceptors (Lipinski definition) is 6. The Morgan fingerprint density at radius 1 is 1.09 bits per heavy atom. The number of rotatable bonds is 8. The average Bonchev–Trinajstić information content (AvgIpc) is 3.15. The maximum atomic E-state index is 12.6. The predicted octanol–water partition coefficient (Wildman–Crippen LogP) is 4.20. The van der Waals surface area contributed by atoms with E-state index in [9.17, 15) is 19.5 Å². The fourth-order valence-electron chi connectivity index (χ4n) is 3.69. The fraction of sp³-hybridized carbons (Fsp3) is 0.240. The van der Waals surface area contributed by atoms with Crippen LogP contribution in [0.25, 0.3) is 21.9 Å². The lowest BCUT2D eigenvalue weighted by Gasteiger charge is -2.15. The number of benzene rings is 2. The Kier molecular flexibility index (Phi) is 6.55. The van der Waals surface area contributed by atoms with Crippen molar-refractivity contribution in [1.29, 1.82) is 0 Å². The molecule has 4 aromatic rings. The van der Waals surface area contributed by atoms with E-state index in [2.05, 4.69) is 5.32 Å². The van der Waals surface area contributed by atoms with Gasteiger partial charge in [-0.25, -0.2) is 9.59 Å². The van der Waals surface area contributed by atoms with Crippen molar-refractivity contribution in [3.8, 4) is 0 Å². The van der Waals surface area contributed by atoms with Crippen LogP contribution in [0.4, 0.5) is 0 Å². The first-order valence-corrected chi connectivity index (χ1v) is 11.6. The van der Waals surface area contributed by atoms with Gasteiger partial charge in [0.15, 0.2) is 0 Å². The Balaban J connectivity index is 1.49. The molecular formula is C25H23NO6S. The minimum atomic E-state index is -1.12. The summed E-state index contributed by atoms with van der Waals surface area (Å²) < 4.78 is 10.9. The Hall–Kier alpha value is -3.52. The summed E-state index contributed by atoms with van der Waals surface area (Å²) in [5.41, 5.74) is 3.24. The zero-order valence-electron chi connectivity index (χ0n) is 18.2. The van der Waals surface area contributed by atoms with Gasteiger partial charge in [0.05, 0.1) is 18.2 Å². The third-order valence-corrected chi connectivity index (χ3v) is 6.65. The van der Waals surface area contributed by atoms with Crippen molar-refractivity contribution in [2.75, 3.05) is 5.75 Å². The van der Waals surface area contributed by atoms with Gasteiger partial charge in [-0.2, -0.15) is 11.8 Å². The number of aliphatic carboxylic acids is 1. The van der Waals surface area contributed by atoms with Gasteiger partial charge in [-0.1, -0.05) is 30.3 Å². The highest BCUT2D eigenvalue weighted by Crippen LogP contribution is 2.28. The van der Waals surface area contributed by atoms with Gasteiger partial charge in [0.25, 0.3) is 0 Å². The van der Waals surface area contributed by atoms with Gasteiger partial charge in [-0.15, -0.1) is 0 Å². The molecular weight excluding hydrogens is 442 g/mol. The maximum absolute atomic E-state index is 12.6. The number of hydrogen-bond donors (Lipinski definition) is 2. The molecule has 0 spiro atoms. The normalized spacial score (nSPS) is 12.2. The van der Waals surface area contributed by atoms with Crippen LogP contribution in [0.1, 0.15) is 22.3 Å². The molecule has 2 heterocycles. The molecule has 8 heteroatoms.